The van der Waals surface area contributed by atoms with E-state index >= 15 is 0 Å². The van der Waals surface area contributed by atoms with E-state index in [2.05, 4.69) is 62.5 Å². The number of esters is 2. The molecule has 380 valence electrons. The monoisotopic (exact) mass is 936 g/mol. The maximum Gasteiger partial charge on any atom is 0.306 e. The molecule has 0 saturated carbocycles. The van der Waals surface area contributed by atoms with Gasteiger partial charge in [0.15, 0.2) is 6.10 Å². The molecule has 0 heterocycles. The second kappa shape index (κ2) is 47.1. The molecule has 2 unspecified atom stereocenters. The van der Waals surface area contributed by atoms with Crippen LogP contribution in [0.1, 0.15) is 239 Å². The first-order valence-corrected chi connectivity index (χ1v) is 28.3. The molecule has 0 aromatic carbocycles. The molecule has 0 aliphatic rings. The minimum absolute atomic E-state index is 0.0289. The highest BCUT2D eigenvalue weighted by molar-refractivity contribution is 7.45. The van der Waals surface area contributed by atoms with Gasteiger partial charge in [-0.25, -0.2) is 0 Å². The molecular weight excluding hydrogens is 834 g/mol. The number of unbranched alkanes of at least 4 members (excludes halogenated alkanes) is 27. The van der Waals surface area contributed by atoms with Crippen LogP contribution in [0.15, 0.2) is 48.6 Å². The SMILES string of the molecule is CC/C=C\C/C=C\C/C=C\C/C=C\CCCCCCCCCCCCCCCCCCCCCCC(=O)OC(COC(=O)CCCCCCCCCC)COP(=O)([O-])OCC[N+](C)(C)C. The Bertz CT molecular complexity index is 1240. The Morgan fingerprint density at radius 3 is 1.31 bits per heavy atom. The molecular formula is C55H102NO8P. The van der Waals surface area contributed by atoms with Gasteiger partial charge in [-0.2, -0.15) is 0 Å². The van der Waals surface area contributed by atoms with Crippen molar-refractivity contribution in [3.05, 3.63) is 48.6 Å². The Morgan fingerprint density at radius 2 is 0.877 bits per heavy atom. The van der Waals surface area contributed by atoms with Crippen LogP contribution in [0.25, 0.3) is 0 Å². The number of hydrogen-bond acceptors (Lipinski definition) is 8. The molecule has 0 bridgehead atoms. The van der Waals surface area contributed by atoms with Crippen molar-refractivity contribution < 1.29 is 42.1 Å². The van der Waals surface area contributed by atoms with Crippen LogP contribution >= 0.6 is 7.82 Å². The smallest absolute Gasteiger partial charge is 0.306 e. The van der Waals surface area contributed by atoms with Crippen LogP contribution in [0.2, 0.25) is 0 Å². The lowest BCUT2D eigenvalue weighted by Gasteiger charge is -2.28. The van der Waals surface area contributed by atoms with Gasteiger partial charge in [-0.15, -0.1) is 0 Å². The number of nitrogens with zero attached hydrogens (tertiary/aromatic N) is 1. The van der Waals surface area contributed by atoms with E-state index in [1.165, 1.54) is 148 Å². The summed E-state index contributed by atoms with van der Waals surface area (Å²) in [7, 11) is 1.17. The highest BCUT2D eigenvalue weighted by atomic mass is 31.2. The summed E-state index contributed by atoms with van der Waals surface area (Å²) in [6.45, 7) is 4.10. The Hall–Kier alpha value is -2.03. The van der Waals surface area contributed by atoms with Gasteiger partial charge in [0.2, 0.25) is 0 Å². The minimum Gasteiger partial charge on any atom is -0.756 e. The molecule has 0 N–H and O–H groups in total. The van der Waals surface area contributed by atoms with E-state index in [0.29, 0.717) is 17.4 Å². The van der Waals surface area contributed by atoms with Crippen LogP contribution in [-0.4, -0.2) is 70.0 Å². The van der Waals surface area contributed by atoms with Crippen LogP contribution in [-0.2, 0) is 32.7 Å². The van der Waals surface area contributed by atoms with E-state index in [4.69, 9.17) is 18.5 Å². The Morgan fingerprint density at radius 1 is 0.492 bits per heavy atom. The molecule has 0 fully saturated rings. The van der Waals surface area contributed by atoms with E-state index in [-0.39, 0.29) is 32.0 Å². The van der Waals surface area contributed by atoms with Gasteiger partial charge in [-0.05, 0) is 51.4 Å². The molecule has 2 atom stereocenters. The highest BCUT2D eigenvalue weighted by Crippen LogP contribution is 2.38. The molecule has 65 heavy (non-hydrogen) atoms. The molecule has 0 rings (SSSR count). The predicted octanol–water partition coefficient (Wildman–Crippen LogP) is 15.6. The molecule has 9 nitrogen and oxygen atoms in total. The van der Waals surface area contributed by atoms with Crippen LogP contribution in [0, 0.1) is 0 Å². The minimum atomic E-state index is -4.62. The number of hydrogen-bond donors (Lipinski definition) is 0. The number of likely N-dealkylation sites (N-methyl/N-ethyl adjacent to an activating group) is 1. The number of ether oxygens (including phenoxy) is 2. The zero-order valence-electron chi connectivity index (χ0n) is 42.9. The number of carbonyl (C=O) groups is 2. The number of phosphoric ester groups is 1. The zero-order chi connectivity index (χ0) is 47.8. The third-order valence-electron chi connectivity index (χ3n) is 11.6. The molecule has 0 radical (unpaired) electrons. The molecule has 0 aromatic rings. The van der Waals surface area contributed by atoms with E-state index in [1.54, 1.807) is 0 Å². The first kappa shape index (κ1) is 63.0. The van der Waals surface area contributed by atoms with E-state index < -0.39 is 26.5 Å². The molecule has 0 saturated heterocycles. The van der Waals surface area contributed by atoms with Crippen molar-refractivity contribution in [1.29, 1.82) is 0 Å². The zero-order valence-corrected chi connectivity index (χ0v) is 43.8. The van der Waals surface area contributed by atoms with Crippen molar-refractivity contribution in [2.24, 2.45) is 0 Å². The second-order valence-electron chi connectivity index (χ2n) is 19.2. The molecule has 0 aliphatic heterocycles. The van der Waals surface area contributed by atoms with Crippen LogP contribution in [0.4, 0.5) is 0 Å². The first-order chi connectivity index (χ1) is 31.5. The number of phosphoric acid groups is 1. The number of allylic oxidation sites excluding steroid dienone is 8. The summed E-state index contributed by atoms with van der Waals surface area (Å²) < 4.78 is 33.9. The lowest BCUT2D eigenvalue weighted by molar-refractivity contribution is -0.870. The summed E-state index contributed by atoms with van der Waals surface area (Å²) >= 11 is 0. The van der Waals surface area contributed by atoms with Crippen molar-refractivity contribution in [3.8, 4) is 0 Å². The number of carbonyl (C=O) groups excluding carboxylic acids is 2. The Balaban J connectivity index is 3.92. The summed E-state index contributed by atoms with van der Waals surface area (Å²) in [6, 6.07) is 0. The summed E-state index contributed by atoms with van der Waals surface area (Å²) in [6.07, 6.45) is 57.6. The topological polar surface area (TPSA) is 111 Å². The van der Waals surface area contributed by atoms with Crippen LogP contribution < -0.4 is 4.89 Å². The standard InChI is InChI=1S/C55H102NO8P/c1-6-8-10-12-14-16-17-18-19-20-21-22-23-24-25-26-27-28-29-30-31-32-33-34-35-36-37-38-39-40-42-44-46-48-55(58)64-53(52-63-65(59,60)62-50-49-56(3,4)5)51-61-54(57)47-45-43-41-15-13-11-9-7-2/h8,10,14,16,18-19,21-22,53H,6-7,9,11-13,15,17,20,23-52H2,1-5H3/b10-8-,16-14-,19-18-,22-21-. The fourth-order valence-corrected chi connectivity index (χ4v) is 8.20. The van der Waals surface area contributed by atoms with Crippen molar-refractivity contribution in [2.45, 2.75) is 245 Å². The summed E-state index contributed by atoms with van der Waals surface area (Å²) in [4.78, 5) is 37.5. The van der Waals surface area contributed by atoms with Gasteiger partial charge in [-0.1, -0.05) is 223 Å². The fourth-order valence-electron chi connectivity index (χ4n) is 7.47. The predicted molar refractivity (Wildman–Crippen MR) is 273 cm³/mol. The first-order valence-electron chi connectivity index (χ1n) is 26.8. The Kier molecular flexibility index (Phi) is 45.6. The van der Waals surface area contributed by atoms with Crippen molar-refractivity contribution in [2.75, 3.05) is 47.5 Å². The normalized spacial score (nSPS) is 13.8. The van der Waals surface area contributed by atoms with Crippen molar-refractivity contribution in [3.63, 3.8) is 0 Å². The van der Waals surface area contributed by atoms with Gasteiger partial charge >= 0.3 is 11.9 Å². The molecule has 0 spiro atoms. The maximum atomic E-state index is 12.7. The lowest BCUT2D eigenvalue weighted by atomic mass is 10.0. The van der Waals surface area contributed by atoms with Gasteiger partial charge in [0.1, 0.15) is 19.8 Å². The van der Waals surface area contributed by atoms with Gasteiger partial charge in [0.05, 0.1) is 27.7 Å². The summed E-state index contributed by atoms with van der Waals surface area (Å²) in [5.41, 5.74) is 0. The third-order valence-corrected chi connectivity index (χ3v) is 12.6. The highest BCUT2D eigenvalue weighted by Gasteiger charge is 2.21. The van der Waals surface area contributed by atoms with Crippen LogP contribution in [0.3, 0.4) is 0 Å². The third kappa shape index (κ3) is 51.2. The molecule has 10 heteroatoms. The second-order valence-corrected chi connectivity index (χ2v) is 20.6. The van der Waals surface area contributed by atoms with Gasteiger partial charge < -0.3 is 27.9 Å². The molecule has 0 aromatic heterocycles. The average Bonchev–Trinajstić information content (AvgIpc) is 3.26. The largest absolute Gasteiger partial charge is 0.756 e. The summed E-state index contributed by atoms with van der Waals surface area (Å²) in [5, 5.41) is 0. The van der Waals surface area contributed by atoms with Crippen molar-refractivity contribution >= 4 is 19.8 Å². The van der Waals surface area contributed by atoms with Gasteiger partial charge in [0.25, 0.3) is 7.82 Å². The van der Waals surface area contributed by atoms with Crippen molar-refractivity contribution in [1.82, 2.24) is 0 Å². The Labute approximate surface area is 401 Å². The van der Waals surface area contributed by atoms with E-state index in [1.807, 2.05) is 21.1 Å². The van der Waals surface area contributed by atoms with Gasteiger partial charge in [0, 0.05) is 12.8 Å². The lowest BCUT2D eigenvalue weighted by Crippen LogP contribution is -2.37. The van der Waals surface area contributed by atoms with Gasteiger partial charge in [-0.3, -0.25) is 14.2 Å². The van der Waals surface area contributed by atoms with Crippen LogP contribution in [0.5, 0.6) is 0 Å². The quantitative estimate of drug-likeness (QED) is 0.0195. The average molecular weight is 936 g/mol. The van der Waals surface area contributed by atoms with E-state index in [9.17, 15) is 19.0 Å². The maximum absolute atomic E-state index is 12.7. The number of quaternary nitrogens is 1. The molecule has 0 amide bonds. The fraction of sp³-hybridized carbons (Fsp3) is 0.818. The number of rotatable bonds is 49. The molecule has 0 aliphatic carbocycles. The van der Waals surface area contributed by atoms with E-state index in [0.717, 1.165) is 57.8 Å². The summed E-state index contributed by atoms with van der Waals surface area (Å²) in [5.74, 6) is -0.830.